The third-order valence-electron chi connectivity index (χ3n) is 4.61. The van der Waals surface area contributed by atoms with Crippen molar-refractivity contribution in [1.82, 2.24) is 4.90 Å². The molecule has 1 aliphatic heterocycles. The first kappa shape index (κ1) is 24.5. The highest BCUT2D eigenvalue weighted by Crippen LogP contribution is 2.16. The van der Waals surface area contributed by atoms with Crippen molar-refractivity contribution >= 4 is 24.2 Å². The molecule has 1 aromatic rings. The number of ether oxygens (including phenoxy) is 3. The number of carbonyl (C=O) groups excluding carboxylic acids is 1. The Labute approximate surface area is 175 Å². The van der Waals surface area contributed by atoms with Crippen LogP contribution < -0.4 is 10.1 Å². The number of halogens is 1. The minimum atomic E-state index is -0.427. The second-order valence-corrected chi connectivity index (χ2v) is 6.86. The number of carbonyl (C=O) groups is 1. The van der Waals surface area contributed by atoms with Gasteiger partial charge < -0.3 is 14.2 Å². The molecule has 0 spiro atoms. The fraction of sp³-hybridized carbons (Fsp3) is 0.667. The van der Waals surface area contributed by atoms with Crippen LogP contribution in [0.3, 0.4) is 0 Å². The van der Waals surface area contributed by atoms with Gasteiger partial charge in [-0.25, -0.2) is 4.79 Å². The molecule has 1 aromatic carbocycles. The Kier molecular flexibility index (Phi) is 13.5. The van der Waals surface area contributed by atoms with E-state index in [1.165, 1.54) is 32.1 Å². The highest BCUT2D eigenvalue weighted by atomic mass is 35.5. The summed E-state index contributed by atoms with van der Waals surface area (Å²) in [4.78, 5) is 14.1. The lowest BCUT2D eigenvalue weighted by Crippen LogP contribution is -2.38. The standard InChI is InChI=1S/C21H34N2O4.ClH/c1-2-3-4-5-6-7-15-26-20-10-8-19(9-11-20)22-21(24)27-18-14-23-12-16-25-17-13-23;/h8-11H,2-7,12-18H2,1H3,(H,22,24);1H. The fourth-order valence-electron chi connectivity index (χ4n) is 2.95. The zero-order valence-electron chi connectivity index (χ0n) is 17.0. The Morgan fingerprint density at radius 3 is 2.43 bits per heavy atom. The summed E-state index contributed by atoms with van der Waals surface area (Å²) >= 11 is 0. The van der Waals surface area contributed by atoms with Gasteiger partial charge in [0.1, 0.15) is 12.4 Å². The first-order valence-corrected chi connectivity index (χ1v) is 10.2. The van der Waals surface area contributed by atoms with Crippen LogP contribution in [0.25, 0.3) is 0 Å². The summed E-state index contributed by atoms with van der Waals surface area (Å²) in [7, 11) is 0. The number of nitrogens with one attached hydrogen (secondary N) is 1. The van der Waals surface area contributed by atoms with E-state index in [0.717, 1.165) is 51.6 Å². The van der Waals surface area contributed by atoms with E-state index in [1.807, 2.05) is 24.3 Å². The number of rotatable bonds is 12. The molecular weight excluding hydrogens is 380 g/mol. The predicted molar refractivity (Wildman–Crippen MR) is 115 cm³/mol. The van der Waals surface area contributed by atoms with Crippen LogP contribution in [0.4, 0.5) is 10.5 Å². The van der Waals surface area contributed by atoms with Crippen LogP contribution in [0.15, 0.2) is 24.3 Å². The summed E-state index contributed by atoms with van der Waals surface area (Å²) in [6.45, 7) is 7.37. The molecule has 0 aliphatic carbocycles. The van der Waals surface area contributed by atoms with Gasteiger partial charge in [0, 0.05) is 25.3 Å². The van der Waals surface area contributed by atoms with Gasteiger partial charge in [-0.05, 0) is 30.7 Å². The van der Waals surface area contributed by atoms with E-state index in [-0.39, 0.29) is 12.4 Å². The van der Waals surface area contributed by atoms with Gasteiger partial charge in [-0.1, -0.05) is 39.0 Å². The first-order chi connectivity index (χ1) is 13.3. The lowest BCUT2D eigenvalue weighted by atomic mass is 10.1. The van der Waals surface area contributed by atoms with Crippen molar-refractivity contribution in [2.75, 3.05) is 51.4 Å². The van der Waals surface area contributed by atoms with Crippen LogP contribution in [-0.4, -0.2) is 57.1 Å². The molecule has 0 unspecified atom stereocenters. The number of unbranched alkanes of at least 4 members (excludes halogenated alkanes) is 5. The molecule has 160 valence electrons. The SMILES string of the molecule is CCCCCCCCOc1ccc(NC(=O)OCCN2CCOCC2)cc1.Cl. The Morgan fingerprint density at radius 1 is 1.04 bits per heavy atom. The van der Waals surface area contributed by atoms with E-state index < -0.39 is 6.09 Å². The smallest absolute Gasteiger partial charge is 0.411 e. The summed E-state index contributed by atoms with van der Waals surface area (Å²) in [5, 5.41) is 2.74. The average Bonchev–Trinajstić information content (AvgIpc) is 2.69. The Hall–Kier alpha value is -1.50. The first-order valence-electron chi connectivity index (χ1n) is 10.2. The van der Waals surface area contributed by atoms with Gasteiger partial charge in [0.2, 0.25) is 0 Å². The Bertz CT molecular complexity index is 522. The zero-order chi connectivity index (χ0) is 19.2. The van der Waals surface area contributed by atoms with E-state index >= 15 is 0 Å². The van der Waals surface area contributed by atoms with Crippen LogP contribution in [0, 0.1) is 0 Å². The Morgan fingerprint density at radius 2 is 1.71 bits per heavy atom. The molecule has 0 saturated carbocycles. The molecule has 2 rings (SSSR count). The summed E-state index contributed by atoms with van der Waals surface area (Å²) < 4.78 is 16.3. The third kappa shape index (κ3) is 10.7. The summed E-state index contributed by atoms with van der Waals surface area (Å²) in [5.74, 6) is 0.829. The molecule has 1 fully saturated rings. The van der Waals surface area contributed by atoms with E-state index in [4.69, 9.17) is 14.2 Å². The number of morpholine rings is 1. The maximum absolute atomic E-state index is 11.9. The van der Waals surface area contributed by atoms with Crippen LogP contribution in [0.2, 0.25) is 0 Å². The molecule has 1 amide bonds. The van der Waals surface area contributed by atoms with Gasteiger partial charge >= 0.3 is 6.09 Å². The molecular formula is C21H35ClN2O4. The van der Waals surface area contributed by atoms with Crippen LogP contribution in [0.1, 0.15) is 45.4 Å². The van der Waals surface area contributed by atoms with Gasteiger partial charge in [0.25, 0.3) is 0 Å². The average molecular weight is 415 g/mol. The number of hydrogen-bond acceptors (Lipinski definition) is 5. The molecule has 1 heterocycles. The zero-order valence-corrected chi connectivity index (χ0v) is 17.8. The van der Waals surface area contributed by atoms with E-state index in [2.05, 4.69) is 17.1 Å². The number of hydrogen-bond donors (Lipinski definition) is 1. The summed E-state index contributed by atoms with van der Waals surface area (Å²) in [5.41, 5.74) is 0.707. The number of amides is 1. The summed E-state index contributed by atoms with van der Waals surface area (Å²) in [6, 6.07) is 7.42. The highest BCUT2D eigenvalue weighted by Gasteiger charge is 2.11. The van der Waals surface area contributed by atoms with Crippen molar-refractivity contribution in [3.05, 3.63) is 24.3 Å². The lowest BCUT2D eigenvalue weighted by molar-refractivity contribution is 0.0290. The van der Waals surface area contributed by atoms with Crippen LogP contribution in [-0.2, 0) is 9.47 Å². The normalized spacial score (nSPS) is 14.2. The predicted octanol–water partition coefficient (Wildman–Crippen LogP) is 4.73. The molecule has 28 heavy (non-hydrogen) atoms. The summed E-state index contributed by atoms with van der Waals surface area (Å²) in [6.07, 6.45) is 7.08. The molecule has 7 heteroatoms. The second kappa shape index (κ2) is 15.4. The molecule has 1 N–H and O–H groups in total. The van der Waals surface area contributed by atoms with Crippen molar-refractivity contribution in [1.29, 1.82) is 0 Å². The molecule has 0 bridgehead atoms. The van der Waals surface area contributed by atoms with Crippen molar-refractivity contribution in [3.8, 4) is 5.75 Å². The van der Waals surface area contributed by atoms with E-state index in [1.54, 1.807) is 0 Å². The number of nitrogens with zero attached hydrogens (tertiary/aromatic N) is 1. The molecule has 6 nitrogen and oxygen atoms in total. The molecule has 0 atom stereocenters. The molecule has 1 saturated heterocycles. The minimum Gasteiger partial charge on any atom is -0.494 e. The van der Waals surface area contributed by atoms with Crippen molar-refractivity contribution in [2.24, 2.45) is 0 Å². The topological polar surface area (TPSA) is 60.0 Å². The van der Waals surface area contributed by atoms with Gasteiger partial charge in [-0.15, -0.1) is 12.4 Å². The van der Waals surface area contributed by atoms with Gasteiger partial charge in [-0.3, -0.25) is 10.2 Å². The third-order valence-corrected chi connectivity index (χ3v) is 4.61. The fourth-order valence-corrected chi connectivity index (χ4v) is 2.95. The van der Waals surface area contributed by atoms with Crippen LogP contribution >= 0.6 is 12.4 Å². The van der Waals surface area contributed by atoms with Gasteiger partial charge in [0.15, 0.2) is 0 Å². The van der Waals surface area contributed by atoms with Crippen molar-refractivity contribution < 1.29 is 19.0 Å². The largest absolute Gasteiger partial charge is 0.494 e. The van der Waals surface area contributed by atoms with Gasteiger partial charge in [-0.2, -0.15) is 0 Å². The quantitative estimate of drug-likeness (QED) is 0.501. The minimum absolute atomic E-state index is 0. The molecule has 1 aliphatic rings. The lowest BCUT2D eigenvalue weighted by Gasteiger charge is -2.26. The number of anilines is 1. The van der Waals surface area contributed by atoms with E-state index in [0.29, 0.717) is 12.3 Å². The van der Waals surface area contributed by atoms with Crippen molar-refractivity contribution in [2.45, 2.75) is 45.4 Å². The maximum Gasteiger partial charge on any atom is 0.411 e. The molecule has 0 aromatic heterocycles. The highest BCUT2D eigenvalue weighted by molar-refractivity contribution is 5.85. The second-order valence-electron chi connectivity index (χ2n) is 6.86. The maximum atomic E-state index is 11.9. The van der Waals surface area contributed by atoms with Crippen molar-refractivity contribution in [3.63, 3.8) is 0 Å². The van der Waals surface area contributed by atoms with Crippen LogP contribution in [0.5, 0.6) is 5.75 Å². The number of benzene rings is 1. The monoisotopic (exact) mass is 414 g/mol. The van der Waals surface area contributed by atoms with E-state index in [9.17, 15) is 4.79 Å². The Balaban J connectivity index is 0.00000392. The molecule has 0 radical (unpaired) electrons. The van der Waals surface area contributed by atoms with Gasteiger partial charge in [0.05, 0.1) is 19.8 Å².